The van der Waals surface area contributed by atoms with Gasteiger partial charge in [-0.15, -0.1) is 0 Å². The predicted molar refractivity (Wildman–Crippen MR) is 107 cm³/mol. The van der Waals surface area contributed by atoms with Gasteiger partial charge >= 0.3 is 0 Å². The number of rotatable bonds is 7. The topological polar surface area (TPSA) is 90.8 Å². The number of amides is 2. The molecule has 6 nitrogen and oxygen atoms in total. The fourth-order valence-corrected chi connectivity index (χ4v) is 2.47. The zero-order chi connectivity index (χ0) is 19.8. The van der Waals surface area contributed by atoms with Gasteiger partial charge in [0.2, 0.25) is 5.91 Å². The minimum atomic E-state index is -0.334. The van der Waals surface area contributed by atoms with E-state index in [2.05, 4.69) is 15.8 Å². The van der Waals surface area contributed by atoms with Crippen LogP contribution in [0.3, 0.4) is 0 Å². The van der Waals surface area contributed by atoms with E-state index in [9.17, 15) is 14.7 Å². The molecule has 0 fully saturated rings. The van der Waals surface area contributed by atoms with Crippen LogP contribution in [0.15, 0.2) is 53.6 Å². The van der Waals surface area contributed by atoms with E-state index < -0.39 is 0 Å². The summed E-state index contributed by atoms with van der Waals surface area (Å²) in [4.78, 5) is 24.1. The van der Waals surface area contributed by atoms with Gasteiger partial charge in [0.25, 0.3) is 5.91 Å². The summed E-state index contributed by atoms with van der Waals surface area (Å²) in [5, 5.41) is 16.4. The third kappa shape index (κ3) is 6.26. The summed E-state index contributed by atoms with van der Waals surface area (Å²) in [6, 6.07) is 13.3. The van der Waals surface area contributed by atoms with Crippen molar-refractivity contribution in [3.63, 3.8) is 0 Å². The first kappa shape index (κ1) is 20.2. The number of benzene rings is 2. The second kappa shape index (κ2) is 9.52. The van der Waals surface area contributed by atoms with Gasteiger partial charge in [-0.25, -0.2) is 5.43 Å². The van der Waals surface area contributed by atoms with Crippen LogP contribution in [-0.4, -0.2) is 22.6 Å². The highest BCUT2D eigenvalue weighted by Gasteiger charge is 2.08. The van der Waals surface area contributed by atoms with Gasteiger partial charge in [-0.2, -0.15) is 5.10 Å². The Morgan fingerprint density at radius 1 is 1.00 bits per heavy atom. The van der Waals surface area contributed by atoms with Crippen molar-refractivity contribution in [3.05, 3.63) is 59.7 Å². The van der Waals surface area contributed by atoms with Crippen LogP contribution in [-0.2, 0) is 4.79 Å². The maximum atomic E-state index is 12.3. The van der Waals surface area contributed by atoms with E-state index in [4.69, 9.17) is 0 Å². The van der Waals surface area contributed by atoms with E-state index in [1.54, 1.807) is 48.5 Å². The summed E-state index contributed by atoms with van der Waals surface area (Å²) in [5.41, 5.74) is 5.19. The lowest BCUT2D eigenvalue weighted by Gasteiger charge is -2.08. The fraction of sp³-hybridized carbons (Fsp3) is 0.286. The van der Waals surface area contributed by atoms with E-state index in [0.717, 1.165) is 5.56 Å². The SMILES string of the molecule is CC/C(=N\NC(=O)c1ccc(NC(=O)CC(C)C)cc1)c1ccc(O)cc1. The molecular formula is C21H25N3O3. The fourth-order valence-electron chi connectivity index (χ4n) is 2.47. The van der Waals surface area contributed by atoms with Crippen molar-refractivity contribution in [2.24, 2.45) is 11.0 Å². The molecule has 0 saturated carbocycles. The van der Waals surface area contributed by atoms with Crippen LogP contribution < -0.4 is 10.7 Å². The van der Waals surface area contributed by atoms with Crippen LogP contribution in [0, 0.1) is 5.92 Å². The number of phenolic OH excluding ortho intramolecular Hbond substituents is 1. The molecule has 0 bridgehead atoms. The number of carbonyl (C=O) groups is 2. The van der Waals surface area contributed by atoms with Crippen LogP contribution in [0.2, 0.25) is 0 Å². The van der Waals surface area contributed by atoms with E-state index in [-0.39, 0.29) is 23.5 Å². The van der Waals surface area contributed by atoms with Gasteiger partial charge < -0.3 is 10.4 Å². The summed E-state index contributed by atoms with van der Waals surface area (Å²) < 4.78 is 0. The summed E-state index contributed by atoms with van der Waals surface area (Å²) >= 11 is 0. The summed E-state index contributed by atoms with van der Waals surface area (Å²) in [5.74, 6) is 0.0844. The Kier molecular flexibility index (Phi) is 7.11. The van der Waals surface area contributed by atoms with Crippen LogP contribution in [0.5, 0.6) is 5.75 Å². The van der Waals surface area contributed by atoms with Crippen molar-refractivity contribution in [2.75, 3.05) is 5.32 Å². The number of anilines is 1. The normalized spacial score (nSPS) is 11.3. The summed E-state index contributed by atoms with van der Waals surface area (Å²) in [6.45, 7) is 5.90. The summed E-state index contributed by atoms with van der Waals surface area (Å²) in [7, 11) is 0. The van der Waals surface area contributed by atoms with Gasteiger partial charge in [0.05, 0.1) is 5.71 Å². The molecular weight excluding hydrogens is 342 g/mol. The Hall–Kier alpha value is -3.15. The number of hydrazone groups is 1. The van der Waals surface area contributed by atoms with Crippen molar-refractivity contribution in [2.45, 2.75) is 33.6 Å². The summed E-state index contributed by atoms with van der Waals surface area (Å²) in [6.07, 6.45) is 1.08. The van der Waals surface area contributed by atoms with Gasteiger partial charge in [0.1, 0.15) is 5.75 Å². The predicted octanol–water partition coefficient (Wildman–Crippen LogP) is 3.92. The number of nitrogens with zero attached hydrogens (tertiary/aromatic N) is 1. The first-order valence-electron chi connectivity index (χ1n) is 8.95. The molecule has 27 heavy (non-hydrogen) atoms. The van der Waals surface area contributed by atoms with Crippen molar-refractivity contribution < 1.29 is 14.7 Å². The number of nitrogens with one attached hydrogen (secondary N) is 2. The molecule has 0 spiro atoms. The lowest BCUT2D eigenvalue weighted by Crippen LogP contribution is -2.20. The molecule has 0 aliphatic heterocycles. The van der Waals surface area contributed by atoms with Crippen LogP contribution in [0.1, 0.15) is 49.5 Å². The van der Waals surface area contributed by atoms with Crippen LogP contribution >= 0.6 is 0 Å². The van der Waals surface area contributed by atoms with Gasteiger partial charge in [-0.3, -0.25) is 9.59 Å². The van der Waals surface area contributed by atoms with E-state index in [1.807, 2.05) is 20.8 Å². The first-order valence-corrected chi connectivity index (χ1v) is 8.95. The molecule has 2 aromatic rings. The first-order chi connectivity index (χ1) is 12.9. The smallest absolute Gasteiger partial charge is 0.271 e. The van der Waals surface area contributed by atoms with Gasteiger partial charge in [-0.1, -0.05) is 20.8 Å². The molecule has 0 aromatic heterocycles. The maximum Gasteiger partial charge on any atom is 0.271 e. The van der Waals surface area contributed by atoms with Crippen molar-refractivity contribution in [1.29, 1.82) is 0 Å². The van der Waals surface area contributed by atoms with Gasteiger partial charge in [-0.05, 0) is 66.4 Å². The number of carbonyl (C=O) groups excluding carboxylic acids is 2. The second-order valence-corrected chi connectivity index (χ2v) is 6.62. The maximum absolute atomic E-state index is 12.3. The van der Waals surface area contributed by atoms with Gasteiger partial charge in [0.15, 0.2) is 0 Å². The molecule has 0 heterocycles. The number of aromatic hydroxyl groups is 1. The monoisotopic (exact) mass is 367 g/mol. The largest absolute Gasteiger partial charge is 0.508 e. The minimum absolute atomic E-state index is 0.0479. The molecule has 0 saturated heterocycles. The van der Waals surface area contributed by atoms with Crippen LogP contribution in [0.4, 0.5) is 5.69 Å². The van der Waals surface area contributed by atoms with E-state index in [0.29, 0.717) is 29.8 Å². The van der Waals surface area contributed by atoms with Gasteiger partial charge in [0, 0.05) is 17.7 Å². The van der Waals surface area contributed by atoms with E-state index >= 15 is 0 Å². The quantitative estimate of drug-likeness (QED) is 0.512. The molecule has 0 aliphatic rings. The molecule has 2 amide bonds. The number of hydrogen-bond donors (Lipinski definition) is 3. The highest BCUT2D eigenvalue weighted by atomic mass is 16.3. The highest BCUT2D eigenvalue weighted by Crippen LogP contribution is 2.13. The molecule has 0 aliphatic carbocycles. The van der Waals surface area contributed by atoms with Crippen molar-refractivity contribution in [3.8, 4) is 5.75 Å². The molecule has 3 N–H and O–H groups in total. The van der Waals surface area contributed by atoms with Crippen LogP contribution in [0.25, 0.3) is 0 Å². The Morgan fingerprint density at radius 2 is 1.59 bits per heavy atom. The highest BCUT2D eigenvalue weighted by molar-refractivity contribution is 6.02. The average Bonchev–Trinajstić information content (AvgIpc) is 2.63. The third-order valence-electron chi connectivity index (χ3n) is 3.85. The molecule has 0 atom stereocenters. The third-order valence-corrected chi connectivity index (χ3v) is 3.85. The second-order valence-electron chi connectivity index (χ2n) is 6.62. The lowest BCUT2D eigenvalue weighted by atomic mass is 10.1. The lowest BCUT2D eigenvalue weighted by molar-refractivity contribution is -0.116. The number of hydrogen-bond acceptors (Lipinski definition) is 4. The minimum Gasteiger partial charge on any atom is -0.508 e. The number of phenols is 1. The van der Waals surface area contributed by atoms with Crippen molar-refractivity contribution in [1.82, 2.24) is 5.43 Å². The molecule has 0 radical (unpaired) electrons. The molecule has 2 aromatic carbocycles. The average molecular weight is 367 g/mol. The zero-order valence-corrected chi connectivity index (χ0v) is 15.8. The molecule has 2 rings (SSSR count). The molecule has 142 valence electrons. The Morgan fingerprint density at radius 3 is 2.15 bits per heavy atom. The van der Waals surface area contributed by atoms with Crippen molar-refractivity contribution >= 4 is 23.2 Å². The Bertz CT molecular complexity index is 810. The van der Waals surface area contributed by atoms with E-state index in [1.165, 1.54) is 0 Å². The standard InChI is InChI=1S/C21H25N3O3/c1-4-19(15-7-11-18(25)12-8-15)23-24-21(27)16-5-9-17(10-6-16)22-20(26)13-14(2)3/h5-12,14,25H,4,13H2,1-3H3,(H,22,26)(H,24,27)/b23-19+. The molecule has 0 unspecified atom stereocenters. The Labute approximate surface area is 159 Å². The molecule has 6 heteroatoms. The Balaban J connectivity index is 2.00. The zero-order valence-electron chi connectivity index (χ0n) is 15.8.